The highest BCUT2D eigenvalue weighted by atomic mass is 19.4. The quantitative estimate of drug-likeness (QED) is 0.500. The van der Waals surface area contributed by atoms with Crippen LogP contribution in [0.2, 0.25) is 0 Å². The first-order valence-corrected chi connectivity index (χ1v) is 9.72. The topological polar surface area (TPSA) is 85.1 Å². The Hall–Kier alpha value is -3.82. The molecule has 0 fully saturated rings. The first-order valence-electron chi connectivity index (χ1n) is 9.72. The van der Waals surface area contributed by atoms with E-state index in [1.54, 1.807) is 33.8 Å². The van der Waals surface area contributed by atoms with E-state index in [2.05, 4.69) is 25.4 Å². The van der Waals surface area contributed by atoms with Crippen LogP contribution in [0.4, 0.5) is 19.0 Å². The van der Waals surface area contributed by atoms with E-state index in [4.69, 9.17) is 0 Å². The van der Waals surface area contributed by atoms with Gasteiger partial charge in [0.05, 0.1) is 17.0 Å². The van der Waals surface area contributed by atoms with Crippen molar-refractivity contribution in [2.24, 2.45) is 0 Å². The summed E-state index contributed by atoms with van der Waals surface area (Å²) in [6, 6.07) is 8.34. The third-order valence-electron chi connectivity index (χ3n) is 4.87. The monoisotopic (exact) mass is 440 g/mol. The van der Waals surface area contributed by atoms with Gasteiger partial charge in [-0.15, -0.1) is 0 Å². The summed E-state index contributed by atoms with van der Waals surface area (Å²) in [4.78, 5) is 25.8. The van der Waals surface area contributed by atoms with Crippen LogP contribution in [-0.2, 0) is 6.18 Å². The molecule has 7 nitrogen and oxygen atoms in total. The standard InChI is InChI=1S/C22H19F3N6O/c1-11-9-17(15-7-5-6-8-16(15)22(23,24)25)30-31-19(13(3)27-20(11)31)21(32)29-18-10-12(2)26-14(4)28-18/h5-10H,1-4H3,(H,26,28,29,32). The molecule has 1 N–H and O–H groups in total. The molecule has 0 spiro atoms. The van der Waals surface area contributed by atoms with Crippen LogP contribution < -0.4 is 5.32 Å². The molecule has 0 saturated heterocycles. The third kappa shape index (κ3) is 3.91. The number of aromatic nitrogens is 5. The number of alkyl halides is 3. The molecular formula is C22H19F3N6O. The molecule has 4 aromatic rings. The molecule has 0 atom stereocenters. The zero-order chi connectivity index (χ0) is 23.2. The van der Waals surface area contributed by atoms with Crippen molar-refractivity contribution in [3.63, 3.8) is 0 Å². The van der Waals surface area contributed by atoms with Crippen LogP contribution in [0, 0.1) is 27.7 Å². The molecule has 3 heterocycles. The van der Waals surface area contributed by atoms with Gasteiger partial charge in [-0.1, -0.05) is 18.2 Å². The van der Waals surface area contributed by atoms with Crippen LogP contribution >= 0.6 is 0 Å². The summed E-state index contributed by atoms with van der Waals surface area (Å²) < 4.78 is 41.9. The number of benzene rings is 1. The molecule has 1 aromatic carbocycles. The first kappa shape index (κ1) is 21.4. The van der Waals surface area contributed by atoms with E-state index >= 15 is 0 Å². The fourth-order valence-corrected chi connectivity index (χ4v) is 3.58. The predicted octanol–water partition coefficient (Wildman–Crippen LogP) is 4.69. The van der Waals surface area contributed by atoms with Gasteiger partial charge in [-0.05, 0) is 45.4 Å². The first-order chi connectivity index (χ1) is 15.0. The molecule has 0 aliphatic carbocycles. The number of anilines is 1. The van der Waals surface area contributed by atoms with E-state index in [9.17, 15) is 18.0 Å². The Bertz CT molecular complexity index is 1340. The van der Waals surface area contributed by atoms with Crippen molar-refractivity contribution in [1.29, 1.82) is 0 Å². The number of fused-ring (bicyclic) bond motifs is 1. The second kappa shape index (κ2) is 7.70. The van der Waals surface area contributed by atoms with Crippen molar-refractivity contribution < 1.29 is 18.0 Å². The molecule has 0 radical (unpaired) electrons. The summed E-state index contributed by atoms with van der Waals surface area (Å²) in [6.07, 6.45) is -4.55. The fourth-order valence-electron chi connectivity index (χ4n) is 3.58. The lowest BCUT2D eigenvalue weighted by Crippen LogP contribution is -2.18. The summed E-state index contributed by atoms with van der Waals surface area (Å²) in [7, 11) is 0. The number of aryl methyl sites for hydroxylation is 4. The van der Waals surface area contributed by atoms with Crippen molar-refractivity contribution in [2.45, 2.75) is 33.9 Å². The van der Waals surface area contributed by atoms with Crippen LogP contribution in [-0.4, -0.2) is 30.5 Å². The molecule has 3 aromatic heterocycles. The lowest BCUT2D eigenvalue weighted by atomic mass is 10.0. The summed E-state index contributed by atoms with van der Waals surface area (Å²) in [5.74, 6) is 0.278. The molecule has 0 unspecified atom stereocenters. The van der Waals surface area contributed by atoms with Crippen LogP contribution in [0.15, 0.2) is 36.4 Å². The molecule has 32 heavy (non-hydrogen) atoms. The van der Waals surface area contributed by atoms with Gasteiger partial charge in [0.15, 0.2) is 11.3 Å². The Morgan fingerprint density at radius 3 is 2.41 bits per heavy atom. The Labute approximate surface area is 181 Å². The van der Waals surface area contributed by atoms with E-state index in [0.717, 1.165) is 6.07 Å². The molecule has 0 bridgehead atoms. The van der Waals surface area contributed by atoms with Gasteiger partial charge in [0.2, 0.25) is 0 Å². The minimum Gasteiger partial charge on any atom is -0.305 e. The second-order valence-electron chi connectivity index (χ2n) is 7.43. The summed E-state index contributed by atoms with van der Waals surface area (Å²) in [6.45, 7) is 6.83. The van der Waals surface area contributed by atoms with E-state index < -0.39 is 17.6 Å². The number of nitrogens with zero attached hydrogens (tertiary/aromatic N) is 5. The fraction of sp³-hybridized carbons (Fsp3) is 0.227. The lowest BCUT2D eigenvalue weighted by molar-refractivity contribution is -0.137. The average molecular weight is 440 g/mol. The highest BCUT2D eigenvalue weighted by Gasteiger charge is 2.34. The number of hydrogen-bond acceptors (Lipinski definition) is 5. The minimum atomic E-state index is -4.55. The normalized spacial score (nSPS) is 11.7. The van der Waals surface area contributed by atoms with Crippen molar-refractivity contribution >= 4 is 17.4 Å². The van der Waals surface area contributed by atoms with Crippen molar-refractivity contribution in [2.75, 3.05) is 5.32 Å². The minimum absolute atomic E-state index is 0.0789. The maximum Gasteiger partial charge on any atom is 0.417 e. The molecule has 0 aliphatic rings. The number of imidazole rings is 1. The molecular weight excluding hydrogens is 421 g/mol. The smallest absolute Gasteiger partial charge is 0.305 e. The highest BCUT2D eigenvalue weighted by molar-refractivity contribution is 6.04. The van der Waals surface area contributed by atoms with Crippen molar-refractivity contribution in [3.05, 3.63) is 70.4 Å². The number of nitrogens with one attached hydrogen (secondary N) is 1. The zero-order valence-electron chi connectivity index (χ0n) is 17.7. The van der Waals surface area contributed by atoms with Gasteiger partial charge in [-0.2, -0.15) is 18.3 Å². The molecule has 0 saturated carbocycles. The Morgan fingerprint density at radius 2 is 1.72 bits per heavy atom. The zero-order valence-corrected chi connectivity index (χ0v) is 17.7. The van der Waals surface area contributed by atoms with E-state index in [-0.39, 0.29) is 17.0 Å². The maximum atomic E-state index is 13.5. The number of carbonyl (C=O) groups is 1. The van der Waals surface area contributed by atoms with Crippen LogP contribution in [0.1, 0.15) is 38.8 Å². The van der Waals surface area contributed by atoms with E-state index in [1.807, 2.05) is 0 Å². The van der Waals surface area contributed by atoms with Crippen molar-refractivity contribution in [3.8, 4) is 11.3 Å². The van der Waals surface area contributed by atoms with Gasteiger partial charge in [0, 0.05) is 17.3 Å². The molecule has 4 rings (SSSR count). The molecule has 0 aliphatic heterocycles. The summed E-state index contributed by atoms with van der Waals surface area (Å²) in [5.41, 5.74) is 1.36. The SMILES string of the molecule is Cc1cc(NC(=O)c2c(C)nc3c(C)cc(-c4ccccc4C(F)(F)F)nn23)nc(C)n1. The van der Waals surface area contributed by atoms with Gasteiger partial charge >= 0.3 is 6.18 Å². The number of halogens is 3. The van der Waals surface area contributed by atoms with Gasteiger partial charge in [-0.25, -0.2) is 19.5 Å². The molecule has 1 amide bonds. The summed E-state index contributed by atoms with van der Waals surface area (Å²) in [5, 5.41) is 7.06. The summed E-state index contributed by atoms with van der Waals surface area (Å²) >= 11 is 0. The van der Waals surface area contributed by atoms with E-state index in [1.165, 1.54) is 28.8 Å². The van der Waals surface area contributed by atoms with Gasteiger partial charge in [0.1, 0.15) is 11.6 Å². The van der Waals surface area contributed by atoms with Crippen LogP contribution in [0.25, 0.3) is 16.9 Å². The van der Waals surface area contributed by atoms with Gasteiger partial charge < -0.3 is 5.32 Å². The van der Waals surface area contributed by atoms with Crippen LogP contribution in [0.3, 0.4) is 0 Å². The van der Waals surface area contributed by atoms with Gasteiger partial charge in [-0.3, -0.25) is 4.79 Å². The second-order valence-corrected chi connectivity index (χ2v) is 7.43. The Morgan fingerprint density at radius 1 is 1.00 bits per heavy atom. The number of carbonyl (C=O) groups excluding carboxylic acids is 1. The Balaban J connectivity index is 1.85. The van der Waals surface area contributed by atoms with Gasteiger partial charge in [0.25, 0.3) is 5.91 Å². The number of hydrogen-bond donors (Lipinski definition) is 1. The highest BCUT2D eigenvalue weighted by Crippen LogP contribution is 2.36. The van der Waals surface area contributed by atoms with E-state index in [0.29, 0.717) is 34.2 Å². The number of amides is 1. The largest absolute Gasteiger partial charge is 0.417 e. The average Bonchev–Trinajstić information content (AvgIpc) is 3.03. The predicted molar refractivity (Wildman–Crippen MR) is 112 cm³/mol. The molecule has 164 valence electrons. The lowest BCUT2D eigenvalue weighted by Gasteiger charge is -2.13. The number of rotatable bonds is 3. The third-order valence-corrected chi connectivity index (χ3v) is 4.87. The van der Waals surface area contributed by atoms with Crippen molar-refractivity contribution in [1.82, 2.24) is 24.6 Å². The molecule has 10 heteroatoms. The Kier molecular flexibility index (Phi) is 5.15. The van der Waals surface area contributed by atoms with Crippen LogP contribution in [0.5, 0.6) is 0 Å². The maximum absolute atomic E-state index is 13.5.